The van der Waals surface area contributed by atoms with Gasteiger partial charge in [0.15, 0.2) is 0 Å². The average molecular weight is 337 g/mol. The van der Waals surface area contributed by atoms with Gasteiger partial charge in [-0.05, 0) is 36.5 Å². The van der Waals surface area contributed by atoms with Gasteiger partial charge in [-0.2, -0.15) is 0 Å². The number of hydrogen-bond acceptors (Lipinski definition) is 0. The van der Waals surface area contributed by atoms with Gasteiger partial charge >= 0.3 is 0 Å². The second-order valence-electron chi connectivity index (χ2n) is 7.18. The largest absolute Gasteiger partial charge is 0.0843 e. The maximum absolute atomic E-state index is 5.99. The molecule has 0 spiro atoms. The third-order valence-electron chi connectivity index (χ3n) is 5.40. The highest BCUT2D eigenvalue weighted by Gasteiger charge is 2.22. The molecule has 1 saturated heterocycles. The molecule has 1 fully saturated rings. The zero-order valence-corrected chi connectivity index (χ0v) is 16.2. The Morgan fingerprint density at radius 3 is 2.14 bits per heavy atom. The Kier molecular flexibility index (Phi) is 8.62. The Bertz CT molecular complexity index is 393. The van der Waals surface area contributed by atoms with Crippen molar-refractivity contribution in [1.82, 2.24) is 0 Å². The van der Waals surface area contributed by atoms with Gasteiger partial charge in [0, 0.05) is 13.8 Å². The molecular weight excluding hydrogens is 304 g/mol. The van der Waals surface area contributed by atoms with Crippen LogP contribution < -0.4 is 0 Å². The highest BCUT2D eigenvalue weighted by atomic mass is 35.5. The molecule has 2 rings (SSSR count). The van der Waals surface area contributed by atoms with Crippen LogP contribution in [0.15, 0.2) is 24.3 Å². The van der Waals surface area contributed by atoms with E-state index in [1.54, 1.807) is 18.1 Å². The molecule has 0 radical (unpaired) electrons. The Labute approximate surface area is 144 Å². The summed E-state index contributed by atoms with van der Waals surface area (Å²) in [4.78, 5) is 0. The van der Waals surface area contributed by atoms with E-state index in [-0.39, 0.29) is 8.80 Å². The molecule has 0 unspecified atom stereocenters. The van der Waals surface area contributed by atoms with Crippen molar-refractivity contribution in [2.24, 2.45) is 0 Å². The molecule has 1 aliphatic rings. The lowest BCUT2D eigenvalue weighted by Crippen LogP contribution is -2.20. The van der Waals surface area contributed by atoms with Gasteiger partial charge in [-0.3, -0.25) is 0 Å². The third kappa shape index (κ3) is 6.46. The summed E-state index contributed by atoms with van der Waals surface area (Å²) in [5, 5.41) is 0.866. The SMILES string of the molecule is CCCCCCCCC[SiH]1CCC(c2ccc(Cl)cc2)CC1. The standard InChI is InChI=1S/C20H33ClSi/c1-2-3-4-5-6-7-8-15-22-16-13-19(14-17-22)18-9-11-20(21)12-10-18/h9-12,19,22H,2-8,13-17H2,1H3. The lowest BCUT2D eigenvalue weighted by molar-refractivity contribution is 0.589. The number of rotatable bonds is 9. The first-order chi connectivity index (χ1) is 10.8. The Morgan fingerprint density at radius 2 is 1.50 bits per heavy atom. The van der Waals surface area contributed by atoms with Gasteiger partial charge in [0.25, 0.3) is 0 Å². The number of unbranched alkanes of at least 4 members (excludes halogenated alkanes) is 6. The second kappa shape index (κ2) is 10.5. The van der Waals surface area contributed by atoms with Crippen LogP contribution in [0.25, 0.3) is 0 Å². The van der Waals surface area contributed by atoms with Crippen molar-refractivity contribution in [3.05, 3.63) is 34.9 Å². The van der Waals surface area contributed by atoms with E-state index in [1.165, 1.54) is 63.4 Å². The van der Waals surface area contributed by atoms with Crippen molar-refractivity contribution in [3.8, 4) is 0 Å². The fourth-order valence-corrected chi connectivity index (χ4v) is 7.52. The van der Waals surface area contributed by atoms with Crippen molar-refractivity contribution in [1.29, 1.82) is 0 Å². The summed E-state index contributed by atoms with van der Waals surface area (Å²) in [5.41, 5.74) is 1.52. The van der Waals surface area contributed by atoms with Crippen LogP contribution in [-0.4, -0.2) is 8.80 Å². The fourth-order valence-electron chi connectivity index (χ4n) is 3.91. The first kappa shape index (κ1) is 18.1. The highest BCUT2D eigenvalue weighted by Crippen LogP contribution is 2.35. The summed E-state index contributed by atoms with van der Waals surface area (Å²) in [6.07, 6.45) is 13.1. The molecule has 1 heterocycles. The fraction of sp³-hybridized carbons (Fsp3) is 0.700. The molecule has 0 amide bonds. The minimum atomic E-state index is -0.389. The lowest BCUT2D eigenvalue weighted by Gasteiger charge is -2.28. The van der Waals surface area contributed by atoms with E-state index in [2.05, 4.69) is 31.2 Å². The molecule has 1 aromatic rings. The van der Waals surface area contributed by atoms with Crippen molar-refractivity contribution in [2.45, 2.75) is 88.8 Å². The zero-order chi connectivity index (χ0) is 15.6. The number of benzene rings is 1. The zero-order valence-electron chi connectivity index (χ0n) is 14.3. The van der Waals surface area contributed by atoms with Crippen molar-refractivity contribution in [2.75, 3.05) is 0 Å². The van der Waals surface area contributed by atoms with Crippen molar-refractivity contribution in [3.63, 3.8) is 0 Å². The first-order valence-corrected chi connectivity index (χ1v) is 12.4. The van der Waals surface area contributed by atoms with Gasteiger partial charge in [-0.25, -0.2) is 0 Å². The minimum absolute atomic E-state index is 0.389. The molecular formula is C20H33ClSi. The van der Waals surface area contributed by atoms with E-state index in [9.17, 15) is 0 Å². The molecule has 1 aromatic carbocycles. The third-order valence-corrected chi connectivity index (χ3v) is 9.18. The van der Waals surface area contributed by atoms with Gasteiger partial charge in [-0.1, -0.05) is 93.7 Å². The Balaban J connectivity index is 1.56. The predicted octanol–water partition coefficient (Wildman–Crippen LogP) is 7.20. The molecule has 0 N–H and O–H groups in total. The van der Waals surface area contributed by atoms with Gasteiger partial charge in [0.2, 0.25) is 0 Å². The maximum atomic E-state index is 5.99. The van der Waals surface area contributed by atoms with E-state index >= 15 is 0 Å². The number of halogens is 1. The summed E-state index contributed by atoms with van der Waals surface area (Å²) in [6, 6.07) is 13.3. The summed E-state index contributed by atoms with van der Waals surface area (Å²) < 4.78 is 0. The van der Waals surface area contributed by atoms with Gasteiger partial charge in [0.05, 0.1) is 0 Å². The van der Waals surface area contributed by atoms with Crippen LogP contribution in [0.5, 0.6) is 0 Å². The van der Waals surface area contributed by atoms with E-state index in [0.29, 0.717) is 0 Å². The molecule has 124 valence electrons. The van der Waals surface area contributed by atoms with Crippen LogP contribution in [0.1, 0.15) is 76.2 Å². The van der Waals surface area contributed by atoms with E-state index in [1.807, 2.05) is 0 Å². The maximum Gasteiger partial charge on any atom is 0.0406 e. The highest BCUT2D eigenvalue weighted by molar-refractivity contribution is 6.59. The quantitative estimate of drug-likeness (QED) is 0.330. The number of hydrogen-bond donors (Lipinski definition) is 0. The van der Waals surface area contributed by atoms with E-state index < -0.39 is 0 Å². The van der Waals surface area contributed by atoms with E-state index in [0.717, 1.165) is 10.9 Å². The minimum Gasteiger partial charge on any atom is -0.0843 e. The summed E-state index contributed by atoms with van der Waals surface area (Å²) in [6.45, 7) is 2.30. The van der Waals surface area contributed by atoms with Gasteiger partial charge in [0.1, 0.15) is 0 Å². The van der Waals surface area contributed by atoms with Crippen LogP contribution in [0, 0.1) is 0 Å². The monoisotopic (exact) mass is 336 g/mol. The molecule has 1 aliphatic heterocycles. The second-order valence-corrected chi connectivity index (χ2v) is 11.1. The normalized spacial score (nSPS) is 21.9. The molecule has 0 saturated carbocycles. The molecule has 22 heavy (non-hydrogen) atoms. The summed E-state index contributed by atoms with van der Waals surface area (Å²) >= 11 is 5.99. The van der Waals surface area contributed by atoms with Crippen LogP contribution in [0.2, 0.25) is 23.2 Å². The predicted molar refractivity (Wildman–Crippen MR) is 103 cm³/mol. The molecule has 0 bridgehead atoms. The van der Waals surface area contributed by atoms with Crippen LogP contribution in [0.3, 0.4) is 0 Å². The lowest BCUT2D eigenvalue weighted by atomic mass is 9.94. The Morgan fingerprint density at radius 1 is 0.909 bits per heavy atom. The molecule has 0 aromatic heterocycles. The Hall–Kier alpha value is -0.273. The van der Waals surface area contributed by atoms with Crippen LogP contribution in [0.4, 0.5) is 0 Å². The van der Waals surface area contributed by atoms with Crippen molar-refractivity contribution >= 4 is 20.4 Å². The smallest absolute Gasteiger partial charge is 0.0406 e. The van der Waals surface area contributed by atoms with E-state index in [4.69, 9.17) is 11.6 Å². The van der Waals surface area contributed by atoms with Gasteiger partial charge in [-0.15, -0.1) is 0 Å². The summed E-state index contributed by atoms with van der Waals surface area (Å²) in [7, 11) is -0.389. The van der Waals surface area contributed by atoms with Crippen LogP contribution in [-0.2, 0) is 0 Å². The molecule has 2 heteroatoms. The first-order valence-electron chi connectivity index (χ1n) is 9.55. The summed E-state index contributed by atoms with van der Waals surface area (Å²) in [5.74, 6) is 0.815. The molecule has 0 aliphatic carbocycles. The van der Waals surface area contributed by atoms with Crippen LogP contribution >= 0.6 is 11.6 Å². The van der Waals surface area contributed by atoms with Gasteiger partial charge < -0.3 is 0 Å². The molecule has 0 nitrogen and oxygen atoms in total. The van der Waals surface area contributed by atoms with Crippen molar-refractivity contribution < 1.29 is 0 Å². The topological polar surface area (TPSA) is 0 Å². The average Bonchev–Trinajstić information content (AvgIpc) is 2.55. The molecule has 0 atom stereocenters.